The van der Waals surface area contributed by atoms with Crippen LogP contribution < -0.4 is 0 Å². The molecule has 3 aromatic rings. The molecule has 0 saturated heterocycles. The van der Waals surface area contributed by atoms with E-state index < -0.39 is 0 Å². The summed E-state index contributed by atoms with van der Waals surface area (Å²) in [6.45, 7) is 3.76. The summed E-state index contributed by atoms with van der Waals surface area (Å²) in [6.07, 6.45) is 12.4. The molecule has 0 bridgehead atoms. The number of fused-ring (bicyclic) bond motifs is 3. The topological polar surface area (TPSA) is 30.0 Å². The number of carbonyl (C=O) groups excluding carboxylic acids is 1. The van der Waals surface area contributed by atoms with Crippen LogP contribution in [0, 0.1) is 0 Å². The van der Waals surface area contributed by atoms with Crippen molar-refractivity contribution in [1.82, 2.24) is 4.98 Å². The van der Waals surface area contributed by atoms with Gasteiger partial charge in [-0.1, -0.05) is 74.2 Å². The van der Waals surface area contributed by atoms with Crippen LogP contribution in [0.5, 0.6) is 0 Å². The normalized spacial score (nSPS) is 11.1. The highest BCUT2D eigenvalue weighted by Gasteiger charge is 2.10. The molecule has 0 unspecified atom stereocenters. The second kappa shape index (κ2) is 10.8. The second-order valence-corrected chi connectivity index (χ2v) is 7.61. The van der Waals surface area contributed by atoms with Crippen LogP contribution in [-0.2, 0) is 11.2 Å². The molecule has 0 fully saturated rings. The Labute approximate surface area is 168 Å². The number of nitrogens with zero attached hydrogens (tertiary/aromatic N) is 1. The van der Waals surface area contributed by atoms with Crippen molar-refractivity contribution >= 4 is 27.5 Å². The Morgan fingerprint density at radius 3 is 2.21 bits per heavy atom. The first-order valence-corrected chi connectivity index (χ1v) is 10.7. The predicted octanol–water partition coefficient (Wildman–Crippen LogP) is 7.20. The number of rotatable bonds is 12. The number of benzene rings is 2. The van der Waals surface area contributed by atoms with E-state index in [1.807, 2.05) is 12.1 Å². The number of para-hydroxylation sites is 1. The van der Waals surface area contributed by atoms with Gasteiger partial charge in [-0.05, 0) is 37.1 Å². The van der Waals surface area contributed by atoms with Crippen LogP contribution in [0.2, 0.25) is 0 Å². The lowest BCUT2D eigenvalue weighted by molar-refractivity contribution is -0.119. The van der Waals surface area contributed by atoms with Crippen molar-refractivity contribution in [3.8, 4) is 0 Å². The van der Waals surface area contributed by atoms with Gasteiger partial charge < -0.3 is 0 Å². The molecular weight excluding hydrogens is 342 g/mol. The number of Topliss-reactive ketones (excluding diaryl/α,β-unsaturated/α-hetero) is 1. The van der Waals surface area contributed by atoms with Gasteiger partial charge in [-0.15, -0.1) is 6.58 Å². The number of aromatic nitrogens is 1. The van der Waals surface area contributed by atoms with Gasteiger partial charge in [-0.2, -0.15) is 0 Å². The van der Waals surface area contributed by atoms with Crippen molar-refractivity contribution in [3.63, 3.8) is 0 Å². The molecule has 0 atom stereocenters. The first-order chi connectivity index (χ1) is 13.8. The number of carbonyl (C=O) groups is 1. The summed E-state index contributed by atoms with van der Waals surface area (Å²) in [6, 6.07) is 16.7. The Morgan fingerprint density at radius 1 is 0.786 bits per heavy atom. The summed E-state index contributed by atoms with van der Waals surface area (Å²) in [5.41, 5.74) is 2.06. The van der Waals surface area contributed by atoms with E-state index in [0.717, 1.165) is 36.9 Å². The SMILES string of the molecule is C=CCCCCCCCCC(=O)CCc1nc2ccccc2c2ccccc12. The number of unbranched alkanes of at least 4 members (excludes halogenated alkanes) is 6. The Hall–Kier alpha value is -2.48. The molecule has 0 aliphatic carbocycles. The molecule has 28 heavy (non-hydrogen) atoms. The molecule has 0 saturated carbocycles. The Kier molecular flexibility index (Phi) is 7.78. The summed E-state index contributed by atoms with van der Waals surface area (Å²) < 4.78 is 0. The van der Waals surface area contributed by atoms with Gasteiger partial charge in [0.1, 0.15) is 5.78 Å². The van der Waals surface area contributed by atoms with Crippen LogP contribution in [0.25, 0.3) is 21.7 Å². The average Bonchev–Trinajstić information content (AvgIpc) is 2.74. The number of pyridine rings is 1. The second-order valence-electron chi connectivity index (χ2n) is 7.61. The maximum atomic E-state index is 12.4. The molecule has 1 heterocycles. The van der Waals surface area contributed by atoms with Crippen LogP contribution in [0.3, 0.4) is 0 Å². The molecule has 3 rings (SSSR count). The Bertz CT molecular complexity index is 928. The molecule has 2 heteroatoms. The van der Waals surface area contributed by atoms with Gasteiger partial charge in [0.05, 0.1) is 5.52 Å². The standard InChI is InChI=1S/C26H31NO/c1-2-3-4-5-6-7-8-9-14-21(28)19-20-26-24-16-11-10-15-22(24)23-17-12-13-18-25(23)27-26/h2,10-13,15-18H,1,3-9,14,19-20H2. The molecule has 2 aromatic carbocycles. The highest BCUT2D eigenvalue weighted by Crippen LogP contribution is 2.27. The summed E-state index contributed by atoms with van der Waals surface area (Å²) in [4.78, 5) is 17.2. The highest BCUT2D eigenvalue weighted by molar-refractivity contribution is 6.06. The highest BCUT2D eigenvalue weighted by atomic mass is 16.1. The zero-order valence-corrected chi connectivity index (χ0v) is 16.8. The van der Waals surface area contributed by atoms with Gasteiger partial charge in [0.2, 0.25) is 0 Å². The van der Waals surface area contributed by atoms with Crippen molar-refractivity contribution in [2.75, 3.05) is 0 Å². The monoisotopic (exact) mass is 373 g/mol. The zero-order valence-electron chi connectivity index (χ0n) is 16.8. The molecule has 0 radical (unpaired) electrons. The van der Waals surface area contributed by atoms with Crippen molar-refractivity contribution in [3.05, 3.63) is 66.9 Å². The predicted molar refractivity (Wildman–Crippen MR) is 120 cm³/mol. The van der Waals surface area contributed by atoms with Crippen LogP contribution >= 0.6 is 0 Å². The van der Waals surface area contributed by atoms with Gasteiger partial charge >= 0.3 is 0 Å². The van der Waals surface area contributed by atoms with E-state index in [0.29, 0.717) is 18.6 Å². The molecular formula is C26H31NO. The smallest absolute Gasteiger partial charge is 0.133 e. The lowest BCUT2D eigenvalue weighted by Crippen LogP contribution is -2.02. The van der Waals surface area contributed by atoms with E-state index >= 15 is 0 Å². The molecule has 146 valence electrons. The summed E-state index contributed by atoms with van der Waals surface area (Å²) in [5, 5.41) is 3.58. The minimum atomic E-state index is 0.366. The van der Waals surface area contributed by atoms with Crippen molar-refractivity contribution in [2.24, 2.45) is 0 Å². The molecule has 2 nitrogen and oxygen atoms in total. The van der Waals surface area contributed by atoms with Crippen LogP contribution in [0.4, 0.5) is 0 Å². The minimum Gasteiger partial charge on any atom is -0.300 e. The molecule has 0 N–H and O–H groups in total. The number of aryl methyl sites for hydroxylation is 1. The van der Waals surface area contributed by atoms with Gasteiger partial charge in [0, 0.05) is 29.3 Å². The van der Waals surface area contributed by atoms with E-state index in [1.165, 1.54) is 41.8 Å². The number of hydrogen-bond acceptors (Lipinski definition) is 2. The third-order valence-electron chi connectivity index (χ3n) is 5.44. The molecule has 0 aliphatic rings. The Balaban J connectivity index is 1.51. The molecule has 1 aromatic heterocycles. The molecule has 0 spiro atoms. The van der Waals surface area contributed by atoms with Crippen molar-refractivity contribution < 1.29 is 4.79 Å². The largest absolute Gasteiger partial charge is 0.300 e. The van der Waals surface area contributed by atoms with E-state index in [4.69, 9.17) is 4.98 Å². The molecule has 0 amide bonds. The first-order valence-electron chi connectivity index (χ1n) is 10.7. The fourth-order valence-electron chi connectivity index (χ4n) is 3.87. The average molecular weight is 374 g/mol. The third-order valence-corrected chi connectivity index (χ3v) is 5.44. The lowest BCUT2D eigenvalue weighted by atomic mass is 10.00. The van der Waals surface area contributed by atoms with Gasteiger partial charge in [0.15, 0.2) is 0 Å². The Morgan fingerprint density at radius 2 is 1.43 bits per heavy atom. The summed E-state index contributed by atoms with van der Waals surface area (Å²) >= 11 is 0. The maximum Gasteiger partial charge on any atom is 0.133 e. The van der Waals surface area contributed by atoms with E-state index in [-0.39, 0.29) is 0 Å². The lowest BCUT2D eigenvalue weighted by Gasteiger charge is -2.09. The van der Waals surface area contributed by atoms with Gasteiger partial charge in [-0.25, -0.2) is 0 Å². The van der Waals surface area contributed by atoms with Crippen LogP contribution in [-0.4, -0.2) is 10.8 Å². The maximum absolute atomic E-state index is 12.4. The van der Waals surface area contributed by atoms with E-state index in [2.05, 4.69) is 49.0 Å². The van der Waals surface area contributed by atoms with Crippen molar-refractivity contribution in [2.45, 2.75) is 64.2 Å². The fourth-order valence-corrected chi connectivity index (χ4v) is 3.87. The van der Waals surface area contributed by atoms with Gasteiger partial charge in [-0.3, -0.25) is 9.78 Å². The third kappa shape index (κ3) is 5.51. The minimum absolute atomic E-state index is 0.366. The zero-order chi connectivity index (χ0) is 19.6. The van der Waals surface area contributed by atoms with Gasteiger partial charge in [0.25, 0.3) is 0 Å². The van der Waals surface area contributed by atoms with Crippen molar-refractivity contribution in [1.29, 1.82) is 0 Å². The number of ketones is 1. The van der Waals surface area contributed by atoms with Crippen LogP contribution in [0.1, 0.15) is 63.5 Å². The summed E-state index contributed by atoms with van der Waals surface area (Å²) in [7, 11) is 0. The van der Waals surface area contributed by atoms with Crippen LogP contribution in [0.15, 0.2) is 61.2 Å². The molecule has 0 aliphatic heterocycles. The quantitative estimate of drug-likeness (QED) is 0.191. The number of hydrogen-bond donors (Lipinski definition) is 0. The summed E-state index contributed by atoms with van der Waals surface area (Å²) in [5.74, 6) is 0.366. The van der Waals surface area contributed by atoms with E-state index in [9.17, 15) is 4.79 Å². The fraction of sp³-hybridized carbons (Fsp3) is 0.385. The first kappa shape index (κ1) is 20.3. The van der Waals surface area contributed by atoms with E-state index in [1.54, 1.807) is 0 Å². The number of allylic oxidation sites excluding steroid dienone is 1.